The maximum Gasteiger partial charge on any atom is 0.123 e. The molecule has 1 aromatic carbocycles. The molecule has 1 atom stereocenters. The highest BCUT2D eigenvalue weighted by Gasteiger charge is 2.19. The van der Waals surface area contributed by atoms with E-state index in [2.05, 4.69) is 10.6 Å². The number of rotatable bonds is 4. The fraction of sp³-hybridized carbons (Fsp3) is 0.571. The molecule has 1 aromatic rings. The number of hydrogen-bond donors (Lipinski definition) is 2. The molecular weight excluding hydrogens is 215 g/mol. The summed E-state index contributed by atoms with van der Waals surface area (Å²) in [6.07, 6.45) is 3.56. The van der Waals surface area contributed by atoms with Crippen LogP contribution in [0.3, 0.4) is 0 Å². The molecule has 17 heavy (non-hydrogen) atoms. The van der Waals surface area contributed by atoms with E-state index < -0.39 is 0 Å². The summed E-state index contributed by atoms with van der Waals surface area (Å²) in [5.41, 5.74) is 1.06. The van der Waals surface area contributed by atoms with Gasteiger partial charge in [-0.25, -0.2) is 4.39 Å². The molecule has 0 aromatic heterocycles. The summed E-state index contributed by atoms with van der Waals surface area (Å²) in [6.45, 7) is 2.23. The van der Waals surface area contributed by atoms with Crippen molar-refractivity contribution in [2.75, 3.05) is 20.1 Å². The second kappa shape index (κ2) is 6.12. The van der Waals surface area contributed by atoms with Crippen LogP contribution < -0.4 is 10.6 Å². The lowest BCUT2D eigenvalue weighted by Crippen LogP contribution is -2.30. The second-order valence-corrected chi connectivity index (χ2v) is 4.83. The average molecular weight is 236 g/mol. The minimum absolute atomic E-state index is 0.145. The van der Waals surface area contributed by atoms with E-state index >= 15 is 0 Å². The van der Waals surface area contributed by atoms with E-state index in [1.807, 2.05) is 13.1 Å². The van der Waals surface area contributed by atoms with Crippen molar-refractivity contribution in [1.82, 2.24) is 10.6 Å². The van der Waals surface area contributed by atoms with Crippen molar-refractivity contribution >= 4 is 0 Å². The lowest BCUT2D eigenvalue weighted by atomic mass is 9.88. The molecule has 1 heterocycles. The first kappa shape index (κ1) is 12.5. The van der Waals surface area contributed by atoms with Gasteiger partial charge in [-0.05, 0) is 63.0 Å². The fourth-order valence-corrected chi connectivity index (χ4v) is 2.59. The topological polar surface area (TPSA) is 24.1 Å². The van der Waals surface area contributed by atoms with Gasteiger partial charge in [-0.15, -0.1) is 0 Å². The highest BCUT2D eigenvalue weighted by molar-refractivity contribution is 5.20. The molecule has 0 spiro atoms. The third-order valence-electron chi connectivity index (χ3n) is 3.63. The van der Waals surface area contributed by atoms with E-state index in [4.69, 9.17) is 0 Å². The van der Waals surface area contributed by atoms with Gasteiger partial charge in [-0.2, -0.15) is 0 Å². The molecule has 2 rings (SSSR count). The quantitative estimate of drug-likeness (QED) is 0.839. The van der Waals surface area contributed by atoms with E-state index in [1.54, 1.807) is 12.1 Å². The Hall–Kier alpha value is -0.930. The molecule has 2 nitrogen and oxygen atoms in total. The van der Waals surface area contributed by atoms with Gasteiger partial charge >= 0.3 is 0 Å². The highest BCUT2D eigenvalue weighted by atomic mass is 19.1. The predicted molar refractivity (Wildman–Crippen MR) is 68.4 cm³/mol. The van der Waals surface area contributed by atoms with Crippen LogP contribution in [0.25, 0.3) is 0 Å². The average Bonchev–Trinajstić information content (AvgIpc) is 2.37. The Kier molecular flexibility index (Phi) is 4.51. The van der Waals surface area contributed by atoms with Crippen molar-refractivity contribution in [2.24, 2.45) is 5.92 Å². The van der Waals surface area contributed by atoms with Crippen LogP contribution in [0.1, 0.15) is 30.9 Å². The van der Waals surface area contributed by atoms with Crippen molar-refractivity contribution in [3.63, 3.8) is 0 Å². The molecule has 0 aliphatic carbocycles. The molecule has 1 saturated heterocycles. The Labute approximate surface area is 103 Å². The summed E-state index contributed by atoms with van der Waals surface area (Å²) in [4.78, 5) is 0. The number of hydrogen-bond acceptors (Lipinski definition) is 2. The first-order valence-electron chi connectivity index (χ1n) is 6.43. The molecule has 3 heteroatoms. The van der Waals surface area contributed by atoms with Crippen molar-refractivity contribution < 1.29 is 4.39 Å². The highest BCUT2D eigenvalue weighted by Crippen LogP contribution is 2.26. The summed E-state index contributed by atoms with van der Waals surface area (Å²) in [6, 6.07) is 7.21. The van der Waals surface area contributed by atoms with Gasteiger partial charge in [0.15, 0.2) is 0 Å². The van der Waals surface area contributed by atoms with Crippen molar-refractivity contribution in [1.29, 1.82) is 0 Å². The van der Waals surface area contributed by atoms with Gasteiger partial charge in [0.25, 0.3) is 0 Å². The van der Waals surface area contributed by atoms with Crippen molar-refractivity contribution in [2.45, 2.75) is 25.3 Å². The molecule has 0 amide bonds. The molecule has 1 fully saturated rings. The molecule has 1 aliphatic rings. The van der Waals surface area contributed by atoms with E-state index in [-0.39, 0.29) is 11.9 Å². The third kappa shape index (κ3) is 3.51. The zero-order chi connectivity index (χ0) is 12.1. The number of nitrogens with one attached hydrogen (secondary N) is 2. The molecule has 1 unspecified atom stereocenters. The second-order valence-electron chi connectivity index (χ2n) is 4.83. The summed E-state index contributed by atoms with van der Waals surface area (Å²) in [5.74, 6) is 0.602. The zero-order valence-electron chi connectivity index (χ0n) is 10.4. The minimum atomic E-state index is -0.145. The summed E-state index contributed by atoms with van der Waals surface area (Å²) >= 11 is 0. The number of piperidine rings is 1. The molecule has 2 N–H and O–H groups in total. The standard InChI is InChI=1S/C14H21FN2/c1-16-14(9-11-5-7-17-8-6-11)12-3-2-4-13(15)10-12/h2-4,10-11,14,16-17H,5-9H2,1H3. The summed E-state index contributed by atoms with van der Waals surface area (Å²) in [5, 5.41) is 6.68. The SMILES string of the molecule is CNC(CC1CCNCC1)c1cccc(F)c1. The van der Waals surface area contributed by atoms with Gasteiger partial charge in [-0.1, -0.05) is 12.1 Å². The fourth-order valence-electron chi connectivity index (χ4n) is 2.59. The largest absolute Gasteiger partial charge is 0.317 e. The minimum Gasteiger partial charge on any atom is -0.317 e. The molecule has 0 radical (unpaired) electrons. The van der Waals surface area contributed by atoms with Crippen LogP contribution in [0.5, 0.6) is 0 Å². The lowest BCUT2D eigenvalue weighted by Gasteiger charge is -2.27. The Morgan fingerprint density at radius 3 is 2.82 bits per heavy atom. The number of halogens is 1. The predicted octanol–water partition coefficient (Wildman–Crippen LogP) is 2.48. The molecule has 0 bridgehead atoms. The van der Waals surface area contributed by atoms with E-state index in [0.717, 1.165) is 31.0 Å². The zero-order valence-corrected chi connectivity index (χ0v) is 10.4. The summed E-state index contributed by atoms with van der Waals surface area (Å²) in [7, 11) is 1.96. The monoisotopic (exact) mass is 236 g/mol. The van der Waals surface area contributed by atoms with Crippen molar-refractivity contribution in [3.05, 3.63) is 35.6 Å². The van der Waals surface area contributed by atoms with E-state index in [9.17, 15) is 4.39 Å². The van der Waals surface area contributed by atoms with Gasteiger partial charge in [0.05, 0.1) is 0 Å². The Balaban J connectivity index is 2.00. The Morgan fingerprint density at radius 1 is 1.41 bits per heavy atom. The maximum atomic E-state index is 13.2. The van der Waals surface area contributed by atoms with Gasteiger partial charge in [0.1, 0.15) is 5.82 Å². The van der Waals surface area contributed by atoms with Crippen LogP contribution in [-0.4, -0.2) is 20.1 Å². The third-order valence-corrected chi connectivity index (χ3v) is 3.63. The summed E-state index contributed by atoms with van der Waals surface area (Å²) < 4.78 is 13.2. The van der Waals surface area contributed by atoms with E-state index in [0.29, 0.717) is 0 Å². The van der Waals surface area contributed by atoms with Gasteiger partial charge in [0, 0.05) is 6.04 Å². The van der Waals surface area contributed by atoms with Crippen LogP contribution >= 0.6 is 0 Å². The van der Waals surface area contributed by atoms with Crippen LogP contribution in [0.4, 0.5) is 4.39 Å². The van der Waals surface area contributed by atoms with Gasteiger partial charge in [-0.3, -0.25) is 0 Å². The van der Waals surface area contributed by atoms with Crippen LogP contribution in [0, 0.1) is 11.7 Å². The van der Waals surface area contributed by atoms with Crippen LogP contribution in [0.15, 0.2) is 24.3 Å². The van der Waals surface area contributed by atoms with E-state index in [1.165, 1.54) is 18.9 Å². The molecule has 1 aliphatic heterocycles. The normalized spacial score (nSPS) is 19.2. The lowest BCUT2D eigenvalue weighted by molar-refractivity contribution is 0.318. The molecule has 0 saturated carbocycles. The van der Waals surface area contributed by atoms with Gasteiger partial charge < -0.3 is 10.6 Å². The first-order valence-corrected chi connectivity index (χ1v) is 6.43. The first-order chi connectivity index (χ1) is 8.29. The Bertz CT molecular complexity index is 348. The molecule has 94 valence electrons. The number of benzene rings is 1. The maximum absolute atomic E-state index is 13.2. The van der Waals surface area contributed by atoms with Crippen LogP contribution in [0.2, 0.25) is 0 Å². The van der Waals surface area contributed by atoms with Gasteiger partial charge in [0.2, 0.25) is 0 Å². The Morgan fingerprint density at radius 2 is 2.18 bits per heavy atom. The smallest absolute Gasteiger partial charge is 0.123 e. The molecular formula is C14H21FN2. The van der Waals surface area contributed by atoms with Crippen molar-refractivity contribution in [3.8, 4) is 0 Å². The van der Waals surface area contributed by atoms with Crippen LogP contribution in [-0.2, 0) is 0 Å².